The van der Waals surface area contributed by atoms with Crippen molar-refractivity contribution in [1.82, 2.24) is 25.1 Å². The summed E-state index contributed by atoms with van der Waals surface area (Å²) in [6, 6.07) is 9.75. The van der Waals surface area contributed by atoms with Crippen LogP contribution in [0.2, 0.25) is 0 Å². The molecule has 3 heterocycles. The van der Waals surface area contributed by atoms with Gasteiger partial charge in [-0.1, -0.05) is 0 Å². The Kier molecular flexibility index (Phi) is 7.24. The van der Waals surface area contributed by atoms with Gasteiger partial charge in [-0.15, -0.1) is 12.4 Å². The molecule has 152 valence electrons. The van der Waals surface area contributed by atoms with Crippen molar-refractivity contribution in [1.29, 1.82) is 0 Å². The van der Waals surface area contributed by atoms with Crippen LogP contribution in [0, 0.1) is 6.92 Å². The first kappa shape index (κ1) is 21.3. The van der Waals surface area contributed by atoms with E-state index in [0.717, 1.165) is 42.1 Å². The number of nitrogens with one attached hydrogen (secondary N) is 2. The van der Waals surface area contributed by atoms with Crippen molar-refractivity contribution >= 4 is 35.8 Å². The van der Waals surface area contributed by atoms with Gasteiger partial charge >= 0.3 is 0 Å². The van der Waals surface area contributed by atoms with Crippen LogP contribution < -0.4 is 10.6 Å². The minimum absolute atomic E-state index is 0. The first-order valence-electron chi connectivity index (χ1n) is 9.32. The van der Waals surface area contributed by atoms with Crippen LogP contribution in [0.25, 0.3) is 0 Å². The highest BCUT2D eigenvalue weighted by Crippen LogP contribution is 2.28. The van der Waals surface area contributed by atoms with Crippen LogP contribution in [0.15, 0.2) is 59.0 Å². The topological polar surface area (TPSA) is 84.7 Å². The molecule has 1 aliphatic heterocycles. The first-order valence-corrected chi connectivity index (χ1v) is 10.1. The van der Waals surface area contributed by atoms with E-state index in [0.29, 0.717) is 16.9 Å². The molecule has 0 radical (unpaired) electrons. The highest BCUT2D eigenvalue weighted by atomic mass is 35.5. The van der Waals surface area contributed by atoms with Crippen molar-refractivity contribution in [3.8, 4) is 0 Å². The molecule has 0 spiro atoms. The van der Waals surface area contributed by atoms with E-state index < -0.39 is 0 Å². The minimum Gasteiger partial charge on any atom is -0.320 e. The number of piperidine rings is 1. The maximum atomic E-state index is 12.6. The number of carbonyl (C=O) groups is 1. The third-order valence-electron chi connectivity index (χ3n) is 4.68. The summed E-state index contributed by atoms with van der Waals surface area (Å²) in [5, 5.41) is 11.5. The molecule has 29 heavy (non-hydrogen) atoms. The standard InChI is InChI=1S/C20H22N6OS.ClH/c1-14-12-16(28-20-22-9-3-10-23-20)5-6-17(14)24-19(27)18-7-11-26(25-18)15-4-2-8-21-13-15;/h3,5-7,9-12,15,21H,2,4,8,13H2,1H3,(H,24,27);1H. The smallest absolute Gasteiger partial charge is 0.276 e. The van der Waals surface area contributed by atoms with E-state index in [4.69, 9.17) is 0 Å². The molecule has 1 saturated heterocycles. The maximum Gasteiger partial charge on any atom is 0.276 e. The Morgan fingerprint density at radius 1 is 1.28 bits per heavy atom. The molecule has 1 unspecified atom stereocenters. The number of nitrogens with zero attached hydrogens (tertiary/aromatic N) is 4. The highest BCUT2D eigenvalue weighted by molar-refractivity contribution is 7.99. The fourth-order valence-corrected chi connectivity index (χ4v) is 4.00. The lowest BCUT2D eigenvalue weighted by molar-refractivity contribution is 0.102. The summed E-state index contributed by atoms with van der Waals surface area (Å²) in [7, 11) is 0. The summed E-state index contributed by atoms with van der Waals surface area (Å²) in [6.45, 7) is 3.92. The third kappa shape index (κ3) is 5.35. The van der Waals surface area contributed by atoms with Crippen molar-refractivity contribution in [2.45, 2.75) is 35.9 Å². The second-order valence-electron chi connectivity index (χ2n) is 6.75. The second-order valence-corrected chi connectivity index (χ2v) is 7.79. The van der Waals surface area contributed by atoms with Gasteiger partial charge in [0.1, 0.15) is 0 Å². The molecule has 1 atom stereocenters. The molecule has 4 rings (SSSR count). The summed E-state index contributed by atoms with van der Waals surface area (Å²) in [6.07, 6.45) is 7.54. The molecule has 1 aliphatic rings. The van der Waals surface area contributed by atoms with Crippen LogP contribution in [0.4, 0.5) is 5.69 Å². The predicted molar refractivity (Wildman–Crippen MR) is 116 cm³/mol. The van der Waals surface area contributed by atoms with E-state index in [2.05, 4.69) is 25.7 Å². The third-order valence-corrected chi connectivity index (χ3v) is 5.57. The number of amides is 1. The molecule has 9 heteroatoms. The summed E-state index contributed by atoms with van der Waals surface area (Å²) in [4.78, 5) is 22.1. The van der Waals surface area contributed by atoms with Gasteiger partial charge in [-0.3, -0.25) is 9.48 Å². The predicted octanol–water partition coefficient (Wildman–Crippen LogP) is 3.73. The maximum absolute atomic E-state index is 12.6. The molecule has 2 aromatic heterocycles. The fourth-order valence-electron chi connectivity index (χ4n) is 3.19. The largest absolute Gasteiger partial charge is 0.320 e. The number of anilines is 1. The van der Waals surface area contributed by atoms with Crippen LogP contribution in [-0.2, 0) is 0 Å². The Labute approximate surface area is 180 Å². The number of hydrogen-bond acceptors (Lipinski definition) is 6. The quantitative estimate of drug-likeness (QED) is 0.600. The number of hydrogen-bond donors (Lipinski definition) is 2. The monoisotopic (exact) mass is 430 g/mol. The van der Waals surface area contributed by atoms with Crippen LogP contribution in [0.5, 0.6) is 0 Å². The van der Waals surface area contributed by atoms with Gasteiger partial charge in [0.25, 0.3) is 5.91 Å². The van der Waals surface area contributed by atoms with E-state index in [1.54, 1.807) is 24.5 Å². The van der Waals surface area contributed by atoms with Crippen LogP contribution in [0.1, 0.15) is 34.9 Å². The molecular weight excluding hydrogens is 408 g/mol. The van der Waals surface area contributed by atoms with Gasteiger partial charge < -0.3 is 10.6 Å². The summed E-state index contributed by atoms with van der Waals surface area (Å²) >= 11 is 1.49. The van der Waals surface area contributed by atoms with E-state index in [-0.39, 0.29) is 18.3 Å². The van der Waals surface area contributed by atoms with Gasteiger partial charge in [-0.25, -0.2) is 9.97 Å². The van der Waals surface area contributed by atoms with Crippen molar-refractivity contribution < 1.29 is 4.79 Å². The van der Waals surface area contributed by atoms with Crippen LogP contribution in [-0.4, -0.2) is 38.7 Å². The molecule has 1 aromatic carbocycles. The summed E-state index contributed by atoms with van der Waals surface area (Å²) in [5.74, 6) is -0.197. The molecule has 1 amide bonds. The number of rotatable bonds is 5. The number of aromatic nitrogens is 4. The average Bonchev–Trinajstić information content (AvgIpc) is 3.22. The van der Waals surface area contributed by atoms with E-state index in [1.807, 2.05) is 36.0 Å². The molecular formula is C20H23ClN6OS. The van der Waals surface area contributed by atoms with E-state index >= 15 is 0 Å². The minimum atomic E-state index is -0.197. The molecule has 3 aromatic rings. The van der Waals surface area contributed by atoms with Crippen LogP contribution in [0.3, 0.4) is 0 Å². The molecule has 0 bridgehead atoms. The normalized spacial score (nSPS) is 16.1. The zero-order valence-corrected chi connectivity index (χ0v) is 17.7. The van der Waals surface area contributed by atoms with Crippen molar-refractivity contribution in [2.24, 2.45) is 0 Å². The number of aryl methyl sites for hydroxylation is 1. The zero-order valence-electron chi connectivity index (χ0n) is 16.0. The van der Waals surface area contributed by atoms with Gasteiger partial charge in [-0.05, 0) is 74.0 Å². The Balaban J connectivity index is 0.00000240. The number of carbonyl (C=O) groups excluding carboxylic acids is 1. The highest BCUT2D eigenvalue weighted by Gasteiger charge is 2.18. The first-order chi connectivity index (χ1) is 13.7. The lowest BCUT2D eigenvalue weighted by Gasteiger charge is -2.22. The van der Waals surface area contributed by atoms with Crippen molar-refractivity contribution in [3.63, 3.8) is 0 Å². The molecule has 1 fully saturated rings. The van der Waals surface area contributed by atoms with Gasteiger partial charge in [0.15, 0.2) is 10.9 Å². The zero-order chi connectivity index (χ0) is 19.3. The summed E-state index contributed by atoms with van der Waals surface area (Å²) < 4.78 is 1.90. The Morgan fingerprint density at radius 3 is 2.83 bits per heavy atom. The number of benzene rings is 1. The molecule has 0 saturated carbocycles. The average molecular weight is 431 g/mol. The SMILES string of the molecule is Cc1cc(Sc2ncccn2)ccc1NC(=O)c1ccn(C2CCCNC2)n1.Cl. The lowest BCUT2D eigenvalue weighted by atomic mass is 10.1. The van der Waals surface area contributed by atoms with Crippen molar-refractivity contribution in [2.75, 3.05) is 18.4 Å². The van der Waals surface area contributed by atoms with Gasteiger partial charge in [-0.2, -0.15) is 5.10 Å². The Hall–Kier alpha value is -2.42. The van der Waals surface area contributed by atoms with Gasteiger partial charge in [0.2, 0.25) is 0 Å². The Bertz CT molecular complexity index is 959. The molecule has 7 nitrogen and oxygen atoms in total. The van der Waals surface area contributed by atoms with Gasteiger partial charge in [0, 0.05) is 35.7 Å². The van der Waals surface area contributed by atoms with Crippen LogP contribution >= 0.6 is 24.2 Å². The number of halogens is 1. The molecule has 0 aliphatic carbocycles. The van der Waals surface area contributed by atoms with E-state index in [9.17, 15) is 4.79 Å². The van der Waals surface area contributed by atoms with Gasteiger partial charge in [0.05, 0.1) is 6.04 Å². The van der Waals surface area contributed by atoms with E-state index in [1.165, 1.54) is 11.8 Å². The molecule has 2 N–H and O–H groups in total. The summed E-state index contributed by atoms with van der Waals surface area (Å²) in [5.41, 5.74) is 2.18. The van der Waals surface area contributed by atoms with Crippen molar-refractivity contribution in [3.05, 3.63) is 60.2 Å². The second kappa shape index (κ2) is 9.87. The fraction of sp³-hybridized carbons (Fsp3) is 0.300. The Morgan fingerprint density at radius 2 is 2.10 bits per heavy atom. The lowest BCUT2D eigenvalue weighted by Crippen LogP contribution is -2.32.